The summed E-state index contributed by atoms with van der Waals surface area (Å²) >= 11 is 6.34. The number of halogens is 1. The molecule has 0 fully saturated rings. The Labute approximate surface area is 177 Å². The third kappa shape index (κ3) is 4.47. The van der Waals surface area contributed by atoms with Crippen LogP contribution in [0.3, 0.4) is 0 Å². The van der Waals surface area contributed by atoms with Crippen LogP contribution in [0.5, 0.6) is 11.8 Å². The van der Waals surface area contributed by atoms with Crippen LogP contribution < -0.4 is 4.74 Å². The largest absolute Gasteiger partial charge is 0.424 e. The Morgan fingerprint density at radius 2 is 1.83 bits per heavy atom. The third-order valence-corrected chi connectivity index (χ3v) is 4.68. The van der Waals surface area contributed by atoms with Crippen LogP contribution in [0.2, 0.25) is 5.02 Å². The Balaban J connectivity index is 1.53. The lowest BCUT2D eigenvalue weighted by atomic mass is 10.0. The van der Waals surface area contributed by atoms with E-state index in [0.29, 0.717) is 33.3 Å². The number of hydrogen-bond acceptors (Lipinski definition) is 7. The average Bonchev–Trinajstić information content (AvgIpc) is 2.77. The molecule has 0 N–H and O–H groups in total. The zero-order chi connectivity index (χ0) is 20.9. The molecule has 0 saturated carbocycles. The molecule has 3 heterocycles. The van der Waals surface area contributed by atoms with E-state index in [1.165, 1.54) is 0 Å². The van der Waals surface area contributed by atoms with Crippen molar-refractivity contribution in [3.63, 3.8) is 0 Å². The molecule has 4 rings (SSSR count). The summed E-state index contributed by atoms with van der Waals surface area (Å²) in [4.78, 5) is 33.4. The molecule has 7 nitrogen and oxygen atoms in total. The van der Waals surface area contributed by atoms with E-state index in [9.17, 15) is 4.79 Å². The number of ketones is 1. The van der Waals surface area contributed by atoms with Crippen molar-refractivity contribution in [3.05, 3.63) is 89.4 Å². The number of ether oxygens (including phenoxy) is 1. The average molecular weight is 418 g/mol. The fourth-order valence-corrected chi connectivity index (χ4v) is 3.02. The number of benzene rings is 1. The molecule has 0 radical (unpaired) electrons. The van der Waals surface area contributed by atoms with Crippen LogP contribution in [-0.4, -0.2) is 30.7 Å². The van der Waals surface area contributed by atoms with Gasteiger partial charge in [-0.25, -0.2) is 9.97 Å². The first kappa shape index (κ1) is 19.6. The van der Waals surface area contributed by atoms with Crippen molar-refractivity contribution in [2.24, 2.45) is 0 Å². The molecule has 0 aliphatic heterocycles. The molecule has 1 aromatic carbocycles. The highest BCUT2D eigenvalue weighted by Gasteiger charge is 2.13. The number of rotatable bonds is 6. The van der Waals surface area contributed by atoms with Crippen LogP contribution >= 0.6 is 11.6 Å². The van der Waals surface area contributed by atoms with Gasteiger partial charge in [0.05, 0.1) is 29.0 Å². The normalized spacial score (nSPS) is 10.6. The summed E-state index contributed by atoms with van der Waals surface area (Å²) in [5.41, 5.74) is 3.24. The van der Waals surface area contributed by atoms with E-state index in [1.54, 1.807) is 67.5 Å². The van der Waals surface area contributed by atoms with Gasteiger partial charge in [0.25, 0.3) is 0 Å². The van der Waals surface area contributed by atoms with Crippen LogP contribution in [0.15, 0.2) is 67.5 Å². The summed E-state index contributed by atoms with van der Waals surface area (Å²) in [5, 5.41) is 0.500. The van der Waals surface area contributed by atoms with E-state index in [4.69, 9.17) is 16.3 Å². The van der Waals surface area contributed by atoms with Crippen molar-refractivity contribution in [1.29, 1.82) is 0 Å². The third-order valence-electron chi connectivity index (χ3n) is 4.35. The molecule has 30 heavy (non-hydrogen) atoms. The van der Waals surface area contributed by atoms with Crippen molar-refractivity contribution in [1.82, 2.24) is 24.9 Å². The summed E-state index contributed by atoms with van der Waals surface area (Å²) in [6, 6.07) is 8.92. The monoisotopic (exact) mass is 417 g/mol. The Hall–Kier alpha value is -3.71. The zero-order valence-electron chi connectivity index (χ0n) is 16.0. The minimum Gasteiger partial charge on any atom is -0.424 e. The number of carbonyl (C=O) groups excluding carboxylic acids is 1. The first-order valence-corrected chi connectivity index (χ1v) is 9.47. The van der Waals surface area contributed by atoms with E-state index >= 15 is 0 Å². The van der Waals surface area contributed by atoms with Crippen molar-refractivity contribution in [2.45, 2.75) is 13.3 Å². The van der Waals surface area contributed by atoms with Gasteiger partial charge < -0.3 is 4.74 Å². The molecular formula is C22H16ClN5O2. The molecule has 0 spiro atoms. The van der Waals surface area contributed by atoms with Crippen molar-refractivity contribution in [3.8, 4) is 23.0 Å². The maximum Gasteiger partial charge on any atom is 0.321 e. The smallest absolute Gasteiger partial charge is 0.321 e. The van der Waals surface area contributed by atoms with E-state index in [-0.39, 0.29) is 18.2 Å². The van der Waals surface area contributed by atoms with Gasteiger partial charge in [-0.05, 0) is 42.8 Å². The van der Waals surface area contributed by atoms with Gasteiger partial charge in [0.1, 0.15) is 5.75 Å². The van der Waals surface area contributed by atoms with Crippen LogP contribution in [0.4, 0.5) is 0 Å². The minimum absolute atomic E-state index is 0.0565. The van der Waals surface area contributed by atoms with Crippen LogP contribution in [0, 0.1) is 6.92 Å². The standard InChI is InChI=1S/C22H16ClN5O2/c1-14-5-8-24-12-18(14)21(29)9-15-11-28-20(13-27-15)17-10-16(3-4-19(17)23)30-22-25-6-2-7-26-22/h2-8,10-13H,9H2,1H3. The second-order valence-electron chi connectivity index (χ2n) is 6.46. The van der Waals surface area contributed by atoms with Gasteiger partial charge in [0.15, 0.2) is 5.78 Å². The quantitative estimate of drug-likeness (QED) is 0.426. The number of pyridine rings is 1. The van der Waals surface area contributed by atoms with Crippen molar-refractivity contribution in [2.75, 3.05) is 0 Å². The number of hydrogen-bond donors (Lipinski definition) is 0. The summed E-state index contributed by atoms with van der Waals surface area (Å²) in [6.45, 7) is 1.88. The van der Waals surface area contributed by atoms with Gasteiger partial charge in [0.2, 0.25) is 0 Å². The summed E-state index contributed by atoms with van der Waals surface area (Å²) < 4.78 is 5.65. The van der Waals surface area contributed by atoms with Crippen molar-refractivity contribution >= 4 is 17.4 Å². The highest BCUT2D eigenvalue weighted by atomic mass is 35.5. The molecule has 0 aliphatic rings. The highest BCUT2D eigenvalue weighted by Crippen LogP contribution is 2.31. The van der Waals surface area contributed by atoms with Gasteiger partial charge in [0, 0.05) is 42.1 Å². The molecule has 8 heteroatoms. The lowest BCUT2D eigenvalue weighted by Gasteiger charge is -2.08. The Morgan fingerprint density at radius 1 is 1.00 bits per heavy atom. The number of nitrogens with zero attached hydrogens (tertiary/aromatic N) is 5. The molecule has 0 aliphatic carbocycles. The number of Topliss-reactive ketones (excluding diaryl/α,β-unsaturated/α-hetero) is 1. The SMILES string of the molecule is Cc1ccncc1C(=O)Cc1cnc(-c2cc(Oc3ncccn3)ccc2Cl)cn1. The molecule has 0 atom stereocenters. The Morgan fingerprint density at radius 3 is 2.57 bits per heavy atom. The van der Waals surface area contributed by atoms with Crippen LogP contribution in [0.25, 0.3) is 11.3 Å². The van der Waals surface area contributed by atoms with Gasteiger partial charge >= 0.3 is 6.01 Å². The van der Waals surface area contributed by atoms with E-state index < -0.39 is 0 Å². The number of aromatic nitrogens is 5. The number of carbonyl (C=O) groups is 1. The van der Waals surface area contributed by atoms with Crippen molar-refractivity contribution < 1.29 is 9.53 Å². The molecular weight excluding hydrogens is 402 g/mol. The highest BCUT2D eigenvalue weighted by molar-refractivity contribution is 6.33. The predicted molar refractivity (Wildman–Crippen MR) is 112 cm³/mol. The van der Waals surface area contributed by atoms with E-state index in [2.05, 4.69) is 24.9 Å². The van der Waals surface area contributed by atoms with Gasteiger partial charge in [-0.1, -0.05) is 11.6 Å². The summed E-state index contributed by atoms with van der Waals surface area (Å²) in [7, 11) is 0. The fraction of sp³-hybridized carbons (Fsp3) is 0.0909. The predicted octanol–water partition coefficient (Wildman–Crippen LogP) is 4.51. The molecule has 0 amide bonds. The van der Waals surface area contributed by atoms with Crippen LogP contribution in [0.1, 0.15) is 21.6 Å². The summed E-state index contributed by atoms with van der Waals surface area (Å²) in [6.07, 6.45) is 9.72. The fourth-order valence-electron chi connectivity index (χ4n) is 2.81. The number of aryl methyl sites for hydroxylation is 1. The lowest BCUT2D eigenvalue weighted by Crippen LogP contribution is -2.08. The molecule has 0 unspecified atom stereocenters. The second kappa shape index (κ2) is 8.75. The molecule has 0 bridgehead atoms. The molecule has 0 saturated heterocycles. The van der Waals surface area contributed by atoms with Gasteiger partial charge in [-0.2, -0.15) is 0 Å². The van der Waals surface area contributed by atoms with E-state index in [1.807, 2.05) is 6.92 Å². The molecule has 4 aromatic rings. The van der Waals surface area contributed by atoms with Gasteiger partial charge in [-0.3, -0.25) is 19.7 Å². The van der Waals surface area contributed by atoms with Gasteiger partial charge in [-0.15, -0.1) is 0 Å². The first-order chi connectivity index (χ1) is 14.6. The molecule has 3 aromatic heterocycles. The lowest BCUT2D eigenvalue weighted by molar-refractivity contribution is 0.0991. The topological polar surface area (TPSA) is 90.8 Å². The molecule has 148 valence electrons. The van der Waals surface area contributed by atoms with Crippen LogP contribution in [-0.2, 0) is 6.42 Å². The zero-order valence-corrected chi connectivity index (χ0v) is 16.7. The maximum atomic E-state index is 12.5. The maximum absolute atomic E-state index is 12.5. The minimum atomic E-state index is -0.0565. The second-order valence-corrected chi connectivity index (χ2v) is 6.87. The van der Waals surface area contributed by atoms with E-state index in [0.717, 1.165) is 5.56 Å². The Bertz CT molecular complexity index is 1180. The summed E-state index contributed by atoms with van der Waals surface area (Å²) in [5.74, 6) is 0.465. The Kier molecular flexibility index (Phi) is 5.72. The first-order valence-electron chi connectivity index (χ1n) is 9.09.